The predicted octanol–water partition coefficient (Wildman–Crippen LogP) is 15.7. The van der Waals surface area contributed by atoms with Gasteiger partial charge in [0.2, 0.25) is 0 Å². The molecule has 2 aliphatic rings. The highest BCUT2D eigenvalue weighted by Gasteiger charge is 2.25. The fourth-order valence-corrected chi connectivity index (χ4v) is 10.8. The molecule has 60 heavy (non-hydrogen) atoms. The first-order valence-corrected chi connectivity index (χ1v) is 20.8. The van der Waals surface area contributed by atoms with Crippen LogP contribution >= 0.6 is 0 Å². The lowest BCUT2D eigenvalue weighted by molar-refractivity contribution is 1.18. The molecule has 2 nitrogen and oxygen atoms in total. The maximum atomic E-state index is 2.49. The number of fused-ring (bicyclic) bond motifs is 9. The average molecular weight is 759 g/mol. The third-order valence-corrected chi connectivity index (χ3v) is 13.4. The molecule has 0 saturated heterocycles. The van der Waals surface area contributed by atoms with Crippen LogP contribution < -0.4 is 0 Å². The van der Waals surface area contributed by atoms with Crippen LogP contribution in [0.2, 0.25) is 0 Å². The summed E-state index contributed by atoms with van der Waals surface area (Å²) >= 11 is 0. The Hall–Kier alpha value is -7.94. The zero-order valence-corrected chi connectivity index (χ0v) is 32.5. The minimum Gasteiger partial charge on any atom is -0.309 e. The van der Waals surface area contributed by atoms with Crippen LogP contribution in [0.4, 0.5) is 0 Å². The lowest BCUT2D eigenvalue weighted by atomic mass is 9.92. The van der Waals surface area contributed by atoms with Crippen molar-refractivity contribution in [3.63, 3.8) is 0 Å². The van der Waals surface area contributed by atoms with Gasteiger partial charge in [-0.15, -0.1) is 0 Å². The van der Waals surface area contributed by atoms with Gasteiger partial charge in [0.15, 0.2) is 0 Å². The molecule has 0 atom stereocenters. The molecule has 2 aromatic heterocycles. The van der Waals surface area contributed by atoms with Crippen LogP contribution in [0.3, 0.4) is 0 Å². The summed E-state index contributed by atoms with van der Waals surface area (Å²) in [6.45, 7) is 0. The second-order valence-corrected chi connectivity index (χ2v) is 16.4. The van der Waals surface area contributed by atoms with Crippen molar-refractivity contribution in [1.29, 1.82) is 0 Å². The van der Waals surface area contributed by atoms with Crippen LogP contribution in [-0.2, 0) is 0 Å². The summed E-state index contributed by atoms with van der Waals surface area (Å²) in [6.07, 6.45) is 4.48. The highest BCUT2D eigenvalue weighted by Crippen LogP contribution is 2.51. The highest BCUT2D eigenvalue weighted by molar-refractivity contribution is 6.20. The molecule has 14 rings (SSSR count). The first kappa shape index (κ1) is 32.1. The summed E-state index contributed by atoms with van der Waals surface area (Å²) in [6, 6.07) is 72.3. The van der Waals surface area contributed by atoms with Crippen molar-refractivity contribution in [2.75, 3.05) is 0 Å². The summed E-state index contributed by atoms with van der Waals surface area (Å²) in [5.41, 5.74) is 20.1. The molecule has 2 heteroatoms. The van der Waals surface area contributed by atoms with Gasteiger partial charge in [-0.2, -0.15) is 0 Å². The van der Waals surface area contributed by atoms with Gasteiger partial charge in [0, 0.05) is 32.6 Å². The number of hydrogen-bond donors (Lipinski definition) is 0. The van der Waals surface area contributed by atoms with Gasteiger partial charge in [0.05, 0.1) is 27.8 Å². The van der Waals surface area contributed by atoms with Gasteiger partial charge >= 0.3 is 0 Å². The second-order valence-electron chi connectivity index (χ2n) is 16.4. The van der Waals surface area contributed by atoms with E-state index in [2.05, 4.69) is 215 Å². The smallest absolute Gasteiger partial charge is 0.0541 e. The Morgan fingerprint density at radius 2 is 0.833 bits per heavy atom. The SMILES string of the molecule is C1=Cc2ccc(-c3ccc4c(c3)-c3cccc5c(-n6c7ccccc7c7cc(-c8ccc9c(c8)c8ccccc8n9-c8ccccc8)ccc76)ccc-4c35)c3cccc1c23. The molecule has 0 amide bonds. The van der Waals surface area contributed by atoms with Crippen LogP contribution in [0.5, 0.6) is 0 Å². The normalized spacial score (nSPS) is 12.6. The van der Waals surface area contributed by atoms with E-state index in [1.54, 1.807) is 0 Å². The van der Waals surface area contributed by atoms with Gasteiger partial charge in [-0.1, -0.05) is 146 Å². The number of benzene rings is 10. The first-order valence-electron chi connectivity index (χ1n) is 20.8. The summed E-state index contributed by atoms with van der Waals surface area (Å²) in [7, 11) is 0. The minimum absolute atomic E-state index is 1.17. The van der Waals surface area contributed by atoms with Crippen LogP contribution in [0.15, 0.2) is 194 Å². The van der Waals surface area contributed by atoms with E-state index < -0.39 is 0 Å². The Kier molecular flexibility index (Phi) is 6.32. The molecular formula is C58H34N2. The summed E-state index contributed by atoms with van der Waals surface area (Å²) < 4.78 is 4.87. The predicted molar refractivity (Wildman–Crippen MR) is 254 cm³/mol. The van der Waals surface area contributed by atoms with Crippen LogP contribution in [0.25, 0.3) is 133 Å². The molecule has 12 aromatic rings. The molecular weight excluding hydrogens is 725 g/mol. The second kappa shape index (κ2) is 11.8. The van der Waals surface area contributed by atoms with Crippen LogP contribution in [-0.4, -0.2) is 9.13 Å². The first-order chi connectivity index (χ1) is 29.8. The van der Waals surface area contributed by atoms with Gasteiger partial charge in [-0.05, 0) is 132 Å². The monoisotopic (exact) mass is 758 g/mol. The maximum absolute atomic E-state index is 2.49. The average Bonchev–Trinajstić information content (AvgIpc) is 4.06. The van der Waals surface area contributed by atoms with E-state index in [1.807, 2.05) is 0 Å². The zero-order chi connectivity index (χ0) is 39.1. The molecule has 0 N–H and O–H groups in total. The number of para-hydroxylation sites is 3. The fourth-order valence-electron chi connectivity index (χ4n) is 10.8. The van der Waals surface area contributed by atoms with Crippen molar-refractivity contribution in [1.82, 2.24) is 9.13 Å². The van der Waals surface area contributed by atoms with Gasteiger partial charge < -0.3 is 9.13 Å². The Morgan fingerprint density at radius 3 is 1.62 bits per heavy atom. The van der Waals surface area contributed by atoms with E-state index in [0.717, 1.165) is 0 Å². The fraction of sp³-hybridized carbons (Fsp3) is 0. The number of hydrogen-bond acceptors (Lipinski definition) is 0. The van der Waals surface area contributed by atoms with Crippen molar-refractivity contribution in [3.8, 4) is 55.9 Å². The zero-order valence-electron chi connectivity index (χ0n) is 32.5. The number of rotatable bonds is 4. The van der Waals surface area contributed by atoms with E-state index >= 15 is 0 Å². The molecule has 0 unspecified atom stereocenters. The summed E-state index contributed by atoms with van der Waals surface area (Å²) in [5, 5.41) is 10.3. The number of nitrogens with zero attached hydrogens (tertiary/aromatic N) is 2. The molecule has 0 fully saturated rings. The molecule has 10 aromatic carbocycles. The third kappa shape index (κ3) is 4.27. The lowest BCUT2D eigenvalue weighted by Gasteiger charge is -2.13. The quantitative estimate of drug-likeness (QED) is 0.169. The van der Waals surface area contributed by atoms with Crippen molar-refractivity contribution in [2.45, 2.75) is 0 Å². The van der Waals surface area contributed by atoms with Crippen molar-refractivity contribution in [3.05, 3.63) is 205 Å². The van der Waals surface area contributed by atoms with Gasteiger partial charge in [-0.3, -0.25) is 0 Å². The maximum Gasteiger partial charge on any atom is 0.0541 e. The highest BCUT2D eigenvalue weighted by atomic mass is 15.0. The van der Waals surface area contributed by atoms with Crippen molar-refractivity contribution in [2.24, 2.45) is 0 Å². The molecule has 0 saturated carbocycles. The molecule has 2 aliphatic carbocycles. The molecule has 0 radical (unpaired) electrons. The van der Waals surface area contributed by atoms with Gasteiger partial charge in [-0.25, -0.2) is 0 Å². The van der Waals surface area contributed by atoms with E-state index in [0.29, 0.717) is 0 Å². The van der Waals surface area contributed by atoms with Crippen LogP contribution in [0, 0.1) is 0 Å². The molecule has 0 spiro atoms. The Balaban J connectivity index is 0.922. The van der Waals surface area contributed by atoms with E-state index in [9.17, 15) is 0 Å². The molecule has 0 aliphatic heterocycles. The van der Waals surface area contributed by atoms with Crippen LogP contribution in [0.1, 0.15) is 11.1 Å². The molecule has 276 valence electrons. The van der Waals surface area contributed by atoms with E-state index in [-0.39, 0.29) is 0 Å². The Bertz CT molecular complexity index is 3860. The van der Waals surface area contributed by atoms with E-state index in [1.165, 1.54) is 132 Å². The standard InChI is InChI=1S/C58H34N2/c1-2-11-40(12-3-1)59-52-18-6-4-13-43(52)50-32-37(24-29-55(50)59)38-25-30-56-51(33-38)44-14-5-7-19-53(44)60(56)54-31-28-47-42-27-23-39(34-49(42)46-16-9-17-48(54)58(46)47)41-26-22-36-21-20-35-10-8-15-45(41)57(35)36/h1-34H. The van der Waals surface area contributed by atoms with Crippen molar-refractivity contribution < 1.29 is 0 Å². The van der Waals surface area contributed by atoms with Gasteiger partial charge in [0.25, 0.3) is 0 Å². The van der Waals surface area contributed by atoms with Crippen molar-refractivity contribution >= 4 is 77.3 Å². The molecule has 0 bridgehead atoms. The largest absolute Gasteiger partial charge is 0.309 e. The minimum atomic E-state index is 1.17. The number of aromatic nitrogens is 2. The summed E-state index contributed by atoms with van der Waals surface area (Å²) in [4.78, 5) is 0. The summed E-state index contributed by atoms with van der Waals surface area (Å²) in [5.74, 6) is 0. The Morgan fingerprint density at radius 1 is 0.267 bits per heavy atom. The topological polar surface area (TPSA) is 9.86 Å². The Labute approximate surface area is 346 Å². The van der Waals surface area contributed by atoms with E-state index in [4.69, 9.17) is 0 Å². The third-order valence-electron chi connectivity index (χ3n) is 13.4. The van der Waals surface area contributed by atoms with Gasteiger partial charge in [0.1, 0.15) is 0 Å². The lowest BCUT2D eigenvalue weighted by Crippen LogP contribution is -1.95. The molecule has 2 heterocycles.